The Morgan fingerprint density at radius 1 is 0.531 bits per heavy atom. The van der Waals surface area contributed by atoms with Crippen molar-refractivity contribution in [3.8, 4) is 0 Å². The molecule has 0 aliphatic carbocycles. The quantitative estimate of drug-likeness (QED) is 0.315. The van der Waals surface area contributed by atoms with Crippen LogP contribution < -0.4 is 15.9 Å². The van der Waals surface area contributed by atoms with Gasteiger partial charge in [0.05, 0.1) is 0 Å². The van der Waals surface area contributed by atoms with Gasteiger partial charge in [0.2, 0.25) is 0 Å². The molecular formula is C27H21ClNO2P. The monoisotopic (exact) mass is 457 g/mol. The Morgan fingerprint density at radius 3 is 1.19 bits per heavy atom. The zero-order valence-corrected chi connectivity index (χ0v) is 18.9. The number of amides is 2. The van der Waals surface area contributed by atoms with E-state index in [1.807, 2.05) is 91.0 Å². The van der Waals surface area contributed by atoms with Crippen LogP contribution in [0, 0.1) is 0 Å². The molecule has 0 radical (unpaired) electrons. The van der Waals surface area contributed by atoms with Gasteiger partial charge in [0.15, 0.2) is 0 Å². The van der Waals surface area contributed by atoms with Gasteiger partial charge in [-0.25, -0.2) is 0 Å². The van der Waals surface area contributed by atoms with Gasteiger partial charge in [-0.3, -0.25) is 0 Å². The average Bonchev–Trinajstić information content (AvgIpc) is 3.10. The second kappa shape index (κ2) is 7.70. The van der Waals surface area contributed by atoms with E-state index in [1.54, 1.807) is 24.3 Å². The molecule has 0 fully saturated rings. The molecule has 158 valence electrons. The molecule has 4 aromatic rings. The fourth-order valence-electron chi connectivity index (χ4n) is 4.54. The third-order valence-electron chi connectivity index (χ3n) is 6.17. The van der Waals surface area contributed by atoms with E-state index in [-0.39, 0.29) is 18.1 Å². The Labute approximate surface area is 192 Å². The Kier molecular flexibility index (Phi) is 4.97. The first-order valence-corrected chi connectivity index (χ1v) is 13.7. The second-order valence-corrected chi connectivity index (χ2v) is 14.4. The molecule has 0 N–H and O–H groups in total. The summed E-state index contributed by atoms with van der Waals surface area (Å²) in [5.41, 5.74) is 0.849. The minimum atomic E-state index is -3.78. The van der Waals surface area contributed by atoms with Gasteiger partial charge >= 0.3 is 192 Å². The molecule has 0 atom stereocenters. The van der Waals surface area contributed by atoms with Crippen LogP contribution in [0.4, 0.5) is 0 Å². The van der Waals surface area contributed by atoms with Gasteiger partial charge in [0.1, 0.15) is 0 Å². The van der Waals surface area contributed by atoms with Crippen molar-refractivity contribution < 1.29 is 9.59 Å². The molecule has 3 nitrogen and oxygen atoms in total. The molecule has 0 aromatic heterocycles. The molecule has 32 heavy (non-hydrogen) atoms. The molecule has 5 heteroatoms. The summed E-state index contributed by atoms with van der Waals surface area (Å²) < 4.78 is 0. The second-order valence-electron chi connectivity index (χ2n) is 7.91. The first-order chi connectivity index (χ1) is 15.5. The molecule has 0 saturated heterocycles. The minimum absolute atomic E-state index is 0.0809. The molecule has 5 rings (SSSR count). The summed E-state index contributed by atoms with van der Waals surface area (Å²) >= 11 is 8.01. The Hall–Kier alpha value is -3.26. The molecule has 0 unspecified atom stereocenters. The predicted octanol–water partition coefficient (Wildman–Crippen LogP) is 4.92. The van der Waals surface area contributed by atoms with Gasteiger partial charge in [-0.05, 0) is 0 Å². The van der Waals surface area contributed by atoms with Crippen LogP contribution in [0.3, 0.4) is 0 Å². The summed E-state index contributed by atoms with van der Waals surface area (Å²) in [6.07, 6.45) is 0.0809. The fourth-order valence-corrected chi connectivity index (χ4v) is 10.4. The maximum atomic E-state index is 13.4. The number of fused-ring (bicyclic) bond motifs is 1. The Morgan fingerprint density at radius 2 is 0.844 bits per heavy atom. The van der Waals surface area contributed by atoms with Crippen LogP contribution >= 0.6 is 17.2 Å². The number of carbonyl (C=O) groups excluding carboxylic acids is 2. The average molecular weight is 458 g/mol. The molecular weight excluding hydrogens is 437 g/mol. The third kappa shape index (κ3) is 2.93. The number of hydrogen-bond acceptors (Lipinski definition) is 2. The van der Waals surface area contributed by atoms with Gasteiger partial charge in [-0.2, -0.15) is 0 Å². The van der Waals surface area contributed by atoms with E-state index in [1.165, 1.54) is 4.90 Å². The first kappa shape index (κ1) is 20.6. The standard InChI is InChI=1S/C27H21ClNO2P/c28-32(21-12-4-1-5-13-21,22-14-6-2-7-15-22,23-16-8-3-9-17-23)20-29-26(30)24-18-10-11-19-25(24)27(29)31/h1-19H,20H2. The first-order valence-electron chi connectivity index (χ1n) is 10.4. The van der Waals surface area contributed by atoms with Gasteiger partial charge in [0, 0.05) is 0 Å². The molecule has 1 heterocycles. The van der Waals surface area contributed by atoms with Crippen LogP contribution in [0.15, 0.2) is 115 Å². The van der Waals surface area contributed by atoms with E-state index in [4.69, 9.17) is 11.2 Å². The third-order valence-corrected chi connectivity index (χ3v) is 13.2. The zero-order chi connectivity index (χ0) is 22.2. The molecule has 1 aliphatic rings. The van der Waals surface area contributed by atoms with E-state index < -0.39 is 5.96 Å². The number of benzene rings is 4. The van der Waals surface area contributed by atoms with Crippen molar-refractivity contribution in [3.05, 3.63) is 126 Å². The van der Waals surface area contributed by atoms with E-state index >= 15 is 0 Å². The Bertz CT molecular complexity index is 1170. The number of carbonyl (C=O) groups is 2. The number of nitrogens with zero attached hydrogens (tertiary/aromatic N) is 1. The topological polar surface area (TPSA) is 37.4 Å². The number of hydrogen-bond donors (Lipinski definition) is 0. The van der Waals surface area contributed by atoms with E-state index in [2.05, 4.69) is 0 Å². The molecule has 0 bridgehead atoms. The summed E-state index contributed by atoms with van der Waals surface area (Å²) in [5.74, 6) is -4.38. The van der Waals surface area contributed by atoms with Gasteiger partial charge in [-0.1, -0.05) is 0 Å². The summed E-state index contributed by atoms with van der Waals surface area (Å²) in [7, 11) is 0. The van der Waals surface area contributed by atoms with Crippen molar-refractivity contribution in [2.45, 2.75) is 0 Å². The Balaban J connectivity index is 1.80. The van der Waals surface area contributed by atoms with Gasteiger partial charge in [-0.15, -0.1) is 0 Å². The van der Waals surface area contributed by atoms with E-state index in [0.717, 1.165) is 15.9 Å². The summed E-state index contributed by atoms with van der Waals surface area (Å²) in [6.45, 7) is 0. The number of halogens is 1. The molecule has 2 amide bonds. The van der Waals surface area contributed by atoms with Crippen molar-refractivity contribution in [1.82, 2.24) is 4.90 Å². The molecule has 4 aromatic carbocycles. The van der Waals surface area contributed by atoms with E-state index in [0.29, 0.717) is 11.1 Å². The summed E-state index contributed by atoms with van der Waals surface area (Å²) in [6, 6.07) is 36.5. The predicted molar refractivity (Wildman–Crippen MR) is 133 cm³/mol. The van der Waals surface area contributed by atoms with Crippen LogP contribution in [-0.2, 0) is 0 Å². The van der Waals surface area contributed by atoms with Crippen molar-refractivity contribution in [3.63, 3.8) is 0 Å². The van der Waals surface area contributed by atoms with Gasteiger partial charge < -0.3 is 0 Å². The maximum absolute atomic E-state index is 13.4. The molecule has 1 aliphatic heterocycles. The van der Waals surface area contributed by atoms with Crippen molar-refractivity contribution in [2.24, 2.45) is 0 Å². The van der Waals surface area contributed by atoms with Crippen molar-refractivity contribution in [2.75, 3.05) is 6.29 Å². The van der Waals surface area contributed by atoms with Gasteiger partial charge in [0.25, 0.3) is 0 Å². The fraction of sp³-hybridized carbons (Fsp3) is 0.0370. The van der Waals surface area contributed by atoms with Crippen LogP contribution in [0.1, 0.15) is 20.7 Å². The van der Waals surface area contributed by atoms with Crippen LogP contribution in [0.2, 0.25) is 0 Å². The molecule has 0 saturated carbocycles. The van der Waals surface area contributed by atoms with Crippen molar-refractivity contribution >= 4 is 44.9 Å². The SMILES string of the molecule is O=C1c2ccccc2C(=O)N1CP(Cl)(c1ccccc1)(c1ccccc1)c1ccccc1. The normalized spacial score (nSPS) is 14.7. The number of imide groups is 1. The van der Waals surface area contributed by atoms with E-state index in [9.17, 15) is 9.59 Å². The van der Waals surface area contributed by atoms with Crippen LogP contribution in [0.25, 0.3) is 0 Å². The van der Waals surface area contributed by atoms with Crippen LogP contribution in [0.5, 0.6) is 0 Å². The van der Waals surface area contributed by atoms with Crippen LogP contribution in [-0.4, -0.2) is 23.0 Å². The van der Waals surface area contributed by atoms with Crippen molar-refractivity contribution in [1.29, 1.82) is 0 Å². The number of rotatable bonds is 5. The zero-order valence-electron chi connectivity index (χ0n) is 17.3. The molecule has 0 spiro atoms. The summed E-state index contributed by atoms with van der Waals surface area (Å²) in [5, 5.41) is 2.73. The summed E-state index contributed by atoms with van der Waals surface area (Å²) in [4.78, 5) is 28.1.